The summed E-state index contributed by atoms with van der Waals surface area (Å²) in [5.74, 6) is 1.18. The second kappa shape index (κ2) is 6.24. The first-order valence-electron chi connectivity index (χ1n) is 5.89. The van der Waals surface area contributed by atoms with Crippen LogP contribution in [0.1, 0.15) is 11.1 Å². The molecule has 0 amide bonds. The van der Waals surface area contributed by atoms with Crippen molar-refractivity contribution in [2.24, 2.45) is 5.73 Å². The summed E-state index contributed by atoms with van der Waals surface area (Å²) in [4.78, 5) is 0. The van der Waals surface area contributed by atoms with Gasteiger partial charge in [0.05, 0.1) is 5.56 Å². The second-order valence-corrected chi connectivity index (χ2v) is 4.47. The van der Waals surface area contributed by atoms with Crippen LogP contribution in [0.5, 0.6) is 11.5 Å². The van der Waals surface area contributed by atoms with E-state index in [-0.39, 0.29) is 0 Å². The Morgan fingerprint density at radius 2 is 1.89 bits per heavy atom. The molecule has 0 aliphatic carbocycles. The summed E-state index contributed by atoms with van der Waals surface area (Å²) in [5, 5.41) is 9.55. The number of hydrogen-bond donors (Lipinski definition) is 1. The number of rotatable bonds is 4. The molecule has 19 heavy (non-hydrogen) atoms. The lowest BCUT2D eigenvalue weighted by atomic mass is 10.1. The highest BCUT2D eigenvalue weighted by Crippen LogP contribution is 2.27. The SMILES string of the molecule is N#Cc1cc(Cl)ccc1Oc1ccc(CCN)cc1. The van der Waals surface area contributed by atoms with Crippen molar-refractivity contribution in [2.45, 2.75) is 6.42 Å². The molecule has 2 N–H and O–H groups in total. The lowest BCUT2D eigenvalue weighted by Crippen LogP contribution is -2.02. The molecule has 2 rings (SSSR count). The van der Waals surface area contributed by atoms with Crippen LogP contribution in [-0.2, 0) is 6.42 Å². The van der Waals surface area contributed by atoms with Crippen LogP contribution >= 0.6 is 11.6 Å². The summed E-state index contributed by atoms with van der Waals surface area (Å²) in [6.45, 7) is 0.621. The highest BCUT2D eigenvalue weighted by molar-refractivity contribution is 6.30. The Morgan fingerprint density at radius 3 is 2.53 bits per heavy atom. The van der Waals surface area contributed by atoms with Gasteiger partial charge in [-0.2, -0.15) is 5.26 Å². The molecular formula is C15H13ClN2O. The number of nitrogens with two attached hydrogens (primary N) is 1. The number of benzene rings is 2. The van der Waals surface area contributed by atoms with Crippen LogP contribution in [-0.4, -0.2) is 6.54 Å². The Morgan fingerprint density at radius 1 is 1.16 bits per heavy atom. The van der Waals surface area contributed by atoms with Crippen molar-refractivity contribution in [1.29, 1.82) is 5.26 Å². The average molecular weight is 273 g/mol. The minimum atomic E-state index is 0.415. The van der Waals surface area contributed by atoms with Crippen molar-refractivity contribution >= 4 is 11.6 Å². The molecule has 96 valence electrons. The van der Waals surface area contributed by atoms with Crippen LogP contribution in [0.15, 0.2) is 42.5 Å². The van der Waals surface area contributed by atoms with Crippen molar-refractivity contribution in [1.82, 2.24) is 0 Å². The van der Waals surface area contributed by atoms with E-state index in [1.54, 1.807) is 18.2 Å². The van der Waals surface area contributed by atoms with Gasteiger partial charge in [0, 0.05) is 5.02 Å². The Labute approximate surface area is 117 Å². The van der Waals surface area contributed by atoms with Gasteiger partial charge < -0.3 is 10.5 Å². The van der Waals surface area contributed by atoms with Gasteiger partial charge in [-0.1, -0.05) is 23.7 Å². The molecule has 0 spiro atoms. The molecule has 0 saturated heterocycles. The molecule has 0 unspecified atom stereocenters. The Hall–Kier alpha value is -2.02. The number of hydrogen-bond acceptors (Lipinski definition) is 3. The van der Waals surface area contributed by atoms with Crippen LogP contribution in [0, 0.1) is 11.3 Å². The molecule has 0 aromatic heterocycles. The minimum absolute atomic E-state index is 0.415. The van der Waals surface area contributed by atoms with E-state index >= 15 is 0 Å². The number of ether oxygens (including phenoxy) is 1. The summed E-state index contributed by atoms with van der Waals surface area (Å²) in [5.41, 5.74) is 7.07. The largest absolute Gasteiger partial charge is 0.456 e. The lowest BCUT2D eigenvalue weighted by molar-refractivity contribution is 0.481. The van der Waals surface area contributed by atoms with E-state index < -0.39 is 0 Å². The molecule has 0 bridgehead atoms. The molecule has 0 aliphatic rings. The standard InChI is InChI=1S/C15H13ClN2O/c16-13-3-6-15(12(9-13)10-18)19-14-4-1-11(2-5-14)7-8-17/h1-6,9H,7-8,17H2. The highest BCUT2D eigenvalue weighted by Gasteiger charge is 2.05. The van der Waals surface area contributed by atoms with Crippen molar-refractivity contribution in [2.75, 3.05) is 6.54 Å². The van der Waals surface area contributed by atoms with Crippen molar-refractivity contribution in [3.8, 4) is 17.6 Å². The van der Waals surface area contributed by atoms with Gasteiger partial charge in [-0.05, 0) is 48.9 Å². The van der Waals surface area contributed by atoms with E-state index in [0.29, 0.717) is 28.6 Å². The molecule has 0 heterocycles. The van der Waals surface area contributed by atoms with Crippen molar-refractivity contribution < 1.29 is 4.74 Å². The smallest absolute Gasteiger partial charge is 0.145 e. The van der Waals surface area contributed by atoms with Crippen LogP contribution in [0.25, 0.3) is 0 Å². The van der Waals surface area contributed by atoms with Gasteiger partial charge in [0.1, 0.15) is 17.6 Å². The van der Waals surface area contributed by atoms with E-state index in [1.165, 1.54) is 0 Å². The summed E-state index contributed by atoms with van der Waals surface area (Å²) in [7, 11) is 0. The van der Waals surface area contributed by atoms with E-state index in [9.17, 15) is 0 Å². The fraction of sp³-hybridized carbons (Fsp3) is 0.133. The third-order valence-corrected chi connectivity index (χ3v) is 2.88. The molecule has 2 aromatic carbocycles. The quantitative estimate of drug-likeness (QED) is 0.927. The second-order valence-electron chi connectivity index (χ2n) is 4.04. The third-order valence-electron chi connectivity index (χ3n) is 2.65. The summed E-state index contributed by atoms with van der Waals surface area (Å²) in [6, 6.07) is 14.7. The number of halogens is 1. The zero-order valence-electron chi connectivity index (χ0n) is 10.3. The maximum atomic E-state index is 9.03. The van der Waals surface area contributed by atoms with Crippen molar-refractivity contribution in [3.05, 3.63) is 58.6 Å². The normalized spacial score (nSPS) is 9.95. The highest BCUT2D eigenvalue weighted by atomic mass is 35.5. The lowest BCUT2D eigenvalue weighted by Gasteiger charge is -2.08. The van der Waals surface area contributed by atoms with Crippen LogP contribution < -0.4 is 10.5 Å². The Kier molecular flexibility index (Phi) is 4.40. The van der Waals surface area contributed by atoms with Gasteiger partial charge in [-0.25, -0.2) is 0 Å². The monoisotopic (exact) mass is 272 g/mol. The molecule has 2 aromatic rings. The van der Waals surface area contributed by atoms with Gasteiger partial charge >= 0.3 is 0 Å². The Bertz CT molecular complexity index is 603. The van der Waals surface area contributed by atoms with Gasteiger partial charge in [0.15, 0.2) is 0 Å². The van der Waals surface area contributed by atoms with Gasteiger partial charge in [-0.3, -0.25) is 0 Å². The van der Waals surface area contributed by atoms with Gasteiger partial charge in [0.2, 0.25) is 0 Å². The molecule has 0 fully saturated rings. The van der Waals surface area contributed by atoms with Gasteiger partial charge in [0.25, 0.3) is 0 Å². The third kappa shape index (κ3) is 3.47. The molecule has 3 nitrogen and oxygen atoms in total. The average Bonchev–Trinajstić information content (AvgIpc) is 2.43. The number of nitriles is 1. The zero-order chi connectivity index (χ0) is 13.7. The van der Waals surface area contributed by atoms with E-state index in [1.807, 2.05) is 24.3 Å². The molecular weight excluding hydrogens is 260 g/mol. The van der Waals surface area contributed by atoms with E-state index in [2.05, 4.69) is 6.07 Å². The first kappa shape index (κ1) is 13.4. The van der Waals surface area contributed by atoms with E-state index in [4.69, 9.17) is 27.3 Å². The minimum Gasteiger partial charge on any atom is -0.456 e. The fourth-order valence-electron chi connectivity index (χ4n) is 1.70. The van der Waals surface area contributed by atoms with E-state index in [0.717, 1.165) is 12.0 Å². The summed E-state index contributed by atoms with van der Waals surface area (Å²) in [6.07, 6.45) is 0.838. The topological polar surface area (TPSA) is 59.0 Å². The first-order chi connectivity index (χ1) is 9.22. The molecule has 4 heteroatoms. The molecule has 0 saturated carbocycles. The molecule has 0 aliphatic heterocycles. The maximum absolute atomic E-state index is 9.03. The van der Waals surface area contributed by atoms with Crippen molar-refractivity contribution in [3.63, 3.8) is 0 Å². The van der Waals surface area contributed by atoms with Crippen LogP contribution in [0.4, 0.5) is 0 Å². The fourth-order valence-corrected chi connectivity index (χ4v) is 1.87. The molecule has 0 atom stereocenters. The van der Waals surface area contributed by atoms with Gasteiger partial charge in [-0.15, -0.1) is 0 Å². The van der Waals surface area contributed by atoms with Crippen LogP contribution in [0.2, 0.25) is 5.02 Å². The predicted octanol–water partition coefficient (Wildman–Crippen LogP) is 3.51. The Balaban J connectivity index is 2.19. The summed E-state index contributed by atoms with van der Waals surface area (Å²) < 4.78 is 5.68. The molecule has 0 radical (unpaired) electrons. The first-order valence-corrected chi connectivity index (χ1v) is 6.27. The predicted molar refractivity (Wildman–Crippen MR) is 75.4 cm³/mol. The zero-order valence-corrected chi connectivity index (χ0v) is 11.0. The van der Waals surface area contributed by atoms with Crippen LogP contribution in [0.3, 0.4) is 0 Å². The number of nitrogens with zero attached hydrogens (tertiary/aromatic N) is 1. The maximum Gasteiger partial charge on any atom is 0.145 e. The summed E-state index contributed by atoms with van der Waals surface area (Å²) >= 11 is 5.84.